The van der Waals surface area contributed by atoms with E-state index in [1.165, 1.54) is 5.41 Å². The molecule has 154 valence electrons. The van der Waals surface area contributed by atoms with Crippen molar-refractivity contribution in [3.63, 3.8) is 0 Å². The highest BCUT2D eigenvalue weighted by Gasteiger charge is 2.23. The van der Waals surface area contributed by atoms with Gasteiger partial charge in [-0.25, -0.2) is 13.1 Å². The minimum Gasteiger partial charge on any atom is -0.497 e. The van der Waals surface area contributed by atoms with Crippen molar-refractivity contribution < 1.29 is 23.1 Å². The third-order valence-electron chi connectivity index (χ3n) is 4.77. The van der Waals surface area contributed by atoms with Crippen LogP contribution in [0.2, 0.25) is 0 Å². The summed E-state index contributed by atoms with van der Waals surface area (Å²) in [4.78, 5) is 10.5. The summed E-state index contributed by atoms with van der Waals surface area (Å²) in [5, 5.41) is 9.85. The van der Waals surface area contributed by atoms with Crippen LogP contribution in [0.25, 0.3) is 6.08 Å². The highest BCUT2D eigenvalue weighted by molar-refractivity contribution is 7.92. The average Bonchev–Trinajstić information content (AvgIpc) is 2.66. The summed E-state index contributed by atoms with van der Waals surface area (Å²) in [6.45, 7) is 0. The van der Waals surface area contributed by atoms with Gasteiger partial charge in [0.15, 0.2) is 0 Å². The van der Waals surface area contributed by atoms with Crippen LogP contribution in [-0.4, -0.2) is 32.6 Å². The average molecular weight is 408 g/mol. The van der Waals surface area contributed by atoms with Gasteiger partial charge in [-0.2, -0.15) is 0 Å². The lowest BCUT2D eigenvalue weighted by Crippen LogP contribution is -2.37. The van der Waals surface area contributed by atoms with Gasteiger partial charge in [0.2, 0.25) is 10.0 Å². The summed E-state index contributed by atoms with van der Waals surface area (Å²) in [5.41, 5.74) is 0.789. The Balaban J connectivity index is 1.84. The van der Waals surface area contributed by atoms with Crippen LogP contribution in [0, 0.1) is 5.92 Å². The lowest BCUT2D eigenvalue weighted by molar-refractivity contribution is -0.137. The lowest BCUT2D eigenvalue weighted by Gasteiger charge is -2.27. The van der Waals surface area contributed by atoms with Crippen LogP contribution in [0.4, 0.5) is 0 Å². The molecule has 7 heteroatoms. The molecule has 1 saturated carbocycles. The van der Waals surface area contributed by atoms with Crippen molar-refractivity contribution >= 4 is 22.1 Å². The molecule has 2 N–H and O–H groups in total. The van der Waals surface area contributed by atoms with Crippen molar-refractivity contribution in [1.82, 2.24) is 4.72 Å². The number of allylic oxidation sites excluding steroid dienone is 2. The van der Waals surface area contributed by atoms with Gasteiger partial charge in [0, 0.05) is 17.9 Å². The first-order valence-electron chi connectivity index (χ1n) is 9.61. The molecule has 0 heterocycles. The zero-order chi connectivity index (χ0) is 20.4. The van der Waals surface area contributed by atoms with Crippen molar-refractivity contribution in [1.29, 1.82) is 0 Å². The number of rotatable bonds is 10. The number of carboxylic acids is 1. The molecule has 1 aromatic rings. The van der Waals surface area contributed by atoms with Crippen LogP contribution < -0.4 is 9.46 Å². The molecule has 2 rings (SSSR count). The van der Waals surface area contributed by atoms with E-state index in [0.717, 1.165) is 43.4 Å². The van der Waals surface area contributed by atoms with E-state index < -0.39 is 16.0 Å². The van der Waals surface area contributed by atoms with Crippen LogP contribution >= 0.6 is 0 Å². The van der Waals surface area contributed by atoms with E-state index in [4.69, 9.17) is 9.84 Å². The van der Waals surface area contributed by atoms with Gasteiger partial charge in [0.05, 0.1) is 7.11 Å². The predicted molar refractivity (Wildman–Crippen MR) is 110 cm³/mol. The second-order valence-electron chi connectivity index (χ2n) is 7.08. The van der Waals surface area contributed by atoms with Crippen molar-refractivity contribution in [2.45, 2.75) is 51.0 Å². The molecule has 0 radical (unpaired) electrons. The summed E-state index contributed by atoms with van der Waals surface area (Å²) in [6.07, 6.45) is 10.9. The van der Waals surface area contributed by atoms with Crippen LogP contribution in [0.3, 0.4) is 0 Å². The molecule has 1 aliphatic rings. The van der Waals surface area contributed by atoms with Crippen LogP contribution in [0.1, 0.15) is 50.5 Å². The molecule has 1 fully saturated rings. The number of methoxy groups -OCH3 is 1. The second kappa shape index (κ2) is 11.0. The quantitative estimate of drug-likeness (QED) is 0.452. The van der Waals surface area contributed by atoms with E-state index in [9.17, 15) is 13.2 Å². The Morgan fingerprint density at radius 3 is 2.71 bits per heavy atom. The first-order valence-corrected chi connectivity index (χ1v) is 11.2. The minimum atomic E-state index is -3.51. The third kappa shape index (κ3) is 8.27. The van der Waals surface area contributed by atoms with E-state index in [-0.39, 0.29) is 12.5 Å². The molecular weight excluding hydrogens is 378 g/mol. The first kappa shape index (κ1) is 22.2. The molecule has 0 spiro atoms. The summed E-state index contributed by atoms with van der Waals surface area (Å²) < 4.78 is 32.6. The first-order chi connectivity index (χ1) is 13.4. The molecule has 0 saturated heterocycles. The Labute approximate surface area is 167 Å². The number of carboxylic acid groups (broad SMARTS) is 1. The fraction of sp³-hybridized carbons (Fsp3) is 0.476. The van der Waals surface area contributed by atoms with Crippen molar-refractivity contribution in [2.24, 2.45) is 5.92 Å². The lowest BCUT2D eigenvalue weighted by atomic mass is 9.86. The van der Waals surface area contributed by atoms with Crippen LogP contribution in [0.5, 0.6) is 5.75 Å². The van der Waals surface area contributed by atoms with Gasteiger partial charge in [0.1, 0.15) is 5.75 Å². The number of benzene rings is 1. The number of hydrogen-bond acceptors (Lipinski definition) is 4. The van der Waals surface area contributed by atoms with Gasteiger partial charge in [-0.15, -0.1) is 0 Å². The molecule has 0 aliphatic heterocycles. The van der Waals surface area contributed by atoms with E-state index in [1.807, 2.05) is 6.08 Å². The molecule has 0 amide bonds. The number of carbonyl (C=O) groups is 1. The Morgan fingerprint density at radius 2 is 2.04 bits per heavy atom. The van der Waals surface area contributed by atoms with Crippen LogP contribution in [0.15, 0.2) is 41.8 Å². The standard InChI is InChI=1S/C21H29NO5S/c1-27-20-12-10-17(11-13-20)14-15-28(25,26)22-19-8-5-7-18(16-19)6-3-2-4-9-21(23)24/h3,6,10-15,18-19,22H,2,4-5,7-9,16H2,1H3,(H,23,24)/b6-3+,15-14+. The molecule has 6 nitrogen and oxygen atoms in total. The molecule has 2 atom stereocenters. The van der Waals surface area contributed by atoms with Crippen molar-refractivity contribution in [3.8, 4) is 5.75 Å². The zero-order valence-corrected chi connectivity index (χ0v) is 17.0. The number of hydrogen-bond donors (Lipinski definition) is 2. The zero-order valence-electron chi connectivity index (χ0n) is 16.2. The van der Waals surface area contributed by atoms with Gasteiger partial charge in [0.25, 0.3) is 0 Å². The van der Waals surface area contributed by atoms with Crippen molar-refractivity contribution in [3.05, 3.63) is 47.4 Å². The number of aliphatic carboxylic acids is 1. The number of unbranched alkanes of at least 4 members (excludes halogenated alkanes) is 1. The SMILES string of the molecule is COc1ccc(/C=C/S(=O)(=O)NC2CCCC(/C=C/CCCC(=O)O)C2)cc1. The molecule has 28 heavy (non-hydrogen) atoms. The molecule has 0 bridgehead atoms. The maximum absolute atomic E-state index is 12.4. The van der Waals surface area contributed by atoms with E-state index >= 15 is 0 Å². The van der Waals surface area contributed by atoms with Gasteiger partial charge < -0.3 is 9.84 Å². The van der Waals surface area contributed by atoms with Crippen molar-refractivity contribution in [2.75, 3.05) is 7.11 Å². The maximum atomic E-state index is 12.4. The molecule has 1 aliphatic carbocycles. The number of ether oxygens (including phenoxy) is 1. The normalized spacial score (nSPS) is 20.6. The predicted octanol–water partition coefficient (Wildman–Crippen LogP) is 3.96. The molecule has 1 aromatic carbocycles. The van der Waals surface area contributed by atoms with Gasteiger partial charge in [-0.3, -0.25) is 4.79 Å². The summed E-state index contributed by atoms with van der Waals surface area (Å²) >= 11 is 0. The smallest absolute Gasteiger partial charge is 0.303 e. The number of nitrogens with one attached hydrogen (secondary N) is 1. The largest absolute Gasteiger partial charge is 0.497 e. The highest BCUT2D eigenvalue weighted by atomic mass is 32.2. The maximum Gasteiger partial charge on any atom is 0.303 e. The highest BCUT2D eigenvalue weighted by Crippen LogP contribution is 2.26. The summed E-state index contributed by atoms with van der Waals surface area (Å²) in [7, 11) is -1.92. The van der Waals surface area contributed by atoms with E-state index in [2.05, 4.69) is 10.8 Å². The Kier molecular flexibility index (Phi) is 8.73. The van der Waals surface area contributed by atoms with Gasteiger partial charge in [-0.1, -0.05) is 30.7 Å². The Bertz CT molecular complexity index is 784. The van der Waals surface area contributed by atoms with E-state index in [0.29, 0.717) is 12.3 Å². The fourth-order valence-electron chi connectivity index (χ4n) is 3.32. The minimum absolute atomic E-state index is 0.0760. The van der Waals surface area contributed by atoms with E-state index in [1.54, 1.807) is 37.5 Å². The second-order valence-corrected chi connectivity index (χ2v) is 8.67. The topological polar surface area (TPSA) is 92.7 Å². The van der Waals surface area contributed by atoms with Gasteiger partial charge >= 0.3 is 5.97 Å². The summed E-state index contributed by atoms with van der Waals surface area (Å²) in [6, 6.07) is 7.10. The Hall–Kier alpha value is -2.12. The van der Waals surface area contributed by atoms with Gasteiger partial charge in [-0.05, 0) is 61.8 Å². The number of sulfonamides is 1. The fourth-order valence-corrected chi connectivity index (χ4v) is 4.42. The monoisotopic (exact) mass is 407 g/mol. The molecular formula is C21H29NO5S. The Morgan fingerprint density at radius 1 is 1.29 bits per heavy atom. The molecule has 0 aromatic heterocycles. The molecule has 2 unspecified atom stereocenters. The third-order valence-corrected chi connectivity index (χ3v) is 5.93. The van der Waals surface area contributed by atoms with Crippen LogP contribution in [-0.2, 0) is 14.8 Å². The summed E-state index contributed by atoms with van der Waals surface area (Å²) in [5.74, 6) is 0.280.